The van der Waals surface area contributed by atoms with E-state index in [0.29, 0.717) is 0 Å². The molecule has 0 radical (unpaired) electrons. The largest absolute Gasteiger partial charge is 0.369 e. The fraction of sp³-hybridized carbons (Fsp3) is 0.364. The molecule has 0 aromatic heterocycles. The fourth-order valence-corrected chi connectivity index (χ4v) is 1.72. The average molecular weight is 190 g/mol. The van der Waals surface area contributed by atoms with Crippen molar-refractivity contribution >= 4 is 12.0 Å². The Morgan fingerprint density at radius 3 is 2.79 bits per heavy atom. The van der Waals surface area contributed by atoms with Crippen LogP contribution in [-0.2, 0) is 0 Å². The van der Waals surface area contributed by atoms with Crippen molar-refractivity contribution in [1.29, 1.82) is 0 Å². The molecule has 0 bridgehead atoms. The summed E-state index contributed by atoms with van der Waals surface area (Å²) in [5.74, 6) is 0. The van der Waals surface area contributed by atoms with Crippen LogP contribution in [0.1, 0.15) is 10.4 Å². The molecule has 1 aliphatic heterocycles. The van der Waals surface area contributed by atoms with Crippen LogP contribution in [0.3, 0.4) is 0 Å². The van der Waals surface area contributed by atoms with Crippen LogP contribution in [0.15, 0.2) is 24.3 Å². The van der Waals surface area contributed by atoms with Gasteiger partial charge in [0.2, 0.25) is 0 Å². The molecular weight excluding hydrogens is 176 g/mol. The van der Waals surface area contributed by atoms with Crippen LogP contribution < -0.4 is 10.2 Å². The molecule has 0 aliphatic carbocycles. The van der Waals surface area contributed by atoms with Gasteiger partial charge in [-0.1, -0.05) is 12.1 Å². The summed E-state index contributed by atoms with van der Waals surface area (Å²) >= 11 is 0. The maximum Gasteiger partial charge on any atom is 0.150 e. The highest BCUT2D eigenvalue weighted by Gasteiger charge is 2.09. The van der Waals surface area contributed by atoms with Gasteiger partial charge in [-0.15, -0.1) is 0 Å². The molecule has 74 valence electrons. The number of hydrogen-bond acceptors (Lipinski definition) is 3. The molecule has 1 aromatic rings. The predicted octanol–water partition coefficient (Wildman–Crippen LogP) is 0.909. The Balaban J connectivity index is 2.17. The molecular formula is C11H14N2O. The number of carbonyl (C=O) groups is 1. The topological polar surface area (TPSA) is 32.3 Å². The molecule has 0 unspecified atom stereocenters. The summed E-state index contributed by atoms with van der Waals surface area (Å²) in [6.45, 7) is 4.07. The van der Waals surface area contributed by atoms with Gasteiger partial charge in [-0.25, -0.2) is 0 Å². The van der Waals surface area contributed by atoms with Gasteiger partial charge in [0.1, 0.15) is 6.29 Å². The third kappa shape index (κ3) is 1.93. The molecule has 1 N–H and O–H groups in total. The summed E-state index contributed by atoms with van der Waals surface area (Å²) in [5, 5.41) is 3.30. The summed E-state index contributed by atoms with van der Waals surface area (Å²) in [6.07, 6.45) is 0.895. The van der Waals surface area contributed by atoms with E-state index in [1.807, 2.05) is 18.2 Å². The standard InChI is InChI=1S/C11H14N2O/c14-9-10-2-1-3-11(8-10)13-6-4-12-5-7-13/h1-3,8-9,12H,4-7H2. The second-order valence-corrected chi connectivity index (χ2v) is 3.45. The van der Waals surface area contributed by atoms with Gasteiger partial charge in [0, 0.05) is 37.4 Å². The van der Waals surface area contributed by atoms with Gasteiger partial charge in [-0.2, -0.15) is 0 Å². The van der Waals surface area contributed by atoms with E-state index in [0.717, 1.165) is 43.7 Å². The molecule has 1 heterocycles. The molecule has 1 aromatic carbocycles. The number of aldehydes is 1. The first-order valence-corrected chi connectivity index (χ1v) is 4.91. The summed E-state index contributed by atoms with van der Waals surface area (Å²) in [5.41, 5.74) is 1.90. The highest BCUT2D eigenvalue weighted by atomic mass is 16.1. The zero-order chi connectivity index (χ0) is 9.80. The first kappa shape index (κ1) is 9.21. The number of anilines is 1. The van der Waals surface area contributed by atoms with Crippen LogP contribution in [0.25, 0.3) is 0 Å². The van der Waals surface area contributed by atoms with Crippen LogP contribution in [0, 0.1) is 0 Å². The first-order chi connectivity index (χ1) is 6.90. The molecule has 0 amide bonds. The van der Waals surface area contributed by atoms with Gasteiger partial charge in [0.25, 0.3) is 0 Å². The van der Waals surface area contributed by atoms with E-state index in [-0.39, 0.29) is 0 Å². The van der Waals surface area contributed by atoms with Crippen molar-refractivity contribution < 1.29 is 4.79 Å². The fourth-order valence-electron chi connectivity index (χ4n) is 1.72. The SMILES string of the molecule is O=Cc1cccc(N2CCNCC2)c1. The van der Waals surface area contributed by atoms with E-state index in [1.165, 1.54) is 0 Å². The third-order valence-electron chi connectivity index (χ3n) is 2.49. The van der Waals surface area contributed by atoms with Crippen LogP contribution in [0.5, 0.6) is 0 Å². The minimum atomic E-state index is 0.751. The van der Waals surface area contributed by atoms with Crippen LogP contribution in [0.2, 0.25) is 0 Å². The predicted molar refractivity (Wildman–Crippen MR) is 56.9 cm³/mol. The minimum absolute atomic E-state index is 0.751. The minimum Gasteiger partial charge on any atom is -0.369 e. The van der Waals surface area contributed by atoms with Crippen LogP contribution in [0.4, 0.5) is 5.69 Å². The zero-order valence-corrected chi connectivity index (χ0v) is 8.07. The number of nitrogens with zero attached hydrogens (tertiary/aromatic N) is 1. The highest BCUT2D eigenvalue weighted by molar-refractivity contribution is 5.77. The molecule has 3 nitrogen and oxygen atoms in total. The smallest absolute Gasteiger partial charge is 0.150 e. The van der Waals surface area contributed by atoms with E-state index in [2.05, 4.69) is 16.3 Å². The quantitative estimate of drug-likeness (QED) is 0.703. The number of carbonyl (C=O) groups excluding carboxylic acids is 1. The normalized spacial score (nSPS) is 16.7. The summed E-state index contributed by atoms with van der Waals surface area (Å²) in [6, 6.07) is 7.76. The molecule has 0 atom stereocenters. The Hall–Kier alpha value is -1.35. The third-order valence-corrected chi connectivity index (χ3v) is 2.49. The van der Waals surface area contributed by atoms with Gasteiger partial charge in [-0.3, -0.25) is 4.79 Å². The number of piperazine rings is 1. The summed E-state index contributed by atoms with van der Waals surface area (Å²) < 4.78 is 0. The van der Waals surface area contributed by atoms with Crippen molar-refractivity contribution in [2.24, 2.45) is 0 Å². The number of nitrogens with one attached hydrogen (secondary N) is 1. The summed E-state index contributed by atoms with van der Waals surface area (Å²) in [4.78, 5) is 12.9. The second-order valence-electron chi connectivity index (χ2n) is 3.45. The number of benzene rings is 1. The monoisotopic (exact) mass is 190 g/mol. The van der Waals surface area contributed by atoms with Gasteiger partial charge in [0.05, 0.1) is 0 Å². The Bertz CT molecular complexity index is 319. The van der Waals surface area contributed by atoms with Crippen molar-refractivity contribution in [3.8, 4) is 0 Å². The Labute approximate surface area is 83.7 Å². The van der Waals surface area contributed by atoms with Gasteiger partial charge >= 0.3 is 0 Å². The average Bonchev–Trinajstić information content (AvgIpc) is 2.30. The number of hydrogen-bond donors (Lipinski definition) is 1. The molecule has 3 heteroatoms. The van der Waals surface area contributed by atoms with Gasteiger partial charge < -0.3 is 10.2 Å². The van der Waals surface area contributed by atoms with Crippen LogP contribution in [-0.4, -0.2) is 32.5 Å². The van der Waals surface area contributed by atoms with E-state index in [9.17, 15) is 4.79 Å². The van der Waals surface area contributed by atoms with Gasteiger partial charge in [0.15, 0.2) is 0 Å². The van der Waals surface area contributed by atoms with Crippen molar-refractivity contribution in [2.45, 2.75) is 0 Å². The Kier molecular flexibility index (Phi) is 2.79. The lowest BCUT2D eigenvalue weighted by atomic mass is 10.2. The Morgan fingerprint density at radius 2 is 2.07 bits per heavy atom. The molecule has 14 heavy (non-hydrogen) atoms. The van der Waals surface area contributed by atoms with E-state index in [1.54, 1.807) is 0 Å². The molecule has 1 aliphatic rings. The molecule has 1 fully saturated rings. The van der Waals surface area contributed by atoms with E-state index < -0.39 is 0 Å². The highest BCUT2D eigenvalue weighted by Crippen LogP contribution is 2.15. The Morgan fingerprint density at radius 1 is 1.29 bits per heavy atom. The lowest BCUT2D eigenvalue weighted by molar-refractivity contribution is 0.112. The van der Waals surface area contributed by atoms with Gasteiger partial charge in [-0.05, 0) is 12.1 Å². The van der Waals surface area contributed by atoms with Crippen molar-refractivity contribution in [1.82, 2.24) is 5.32 Å². The van der Waals surface area contributed by atoms with Crippen molar-refractivity contribution in [3.05, 3.63) is 29.8 Å². The molecule has 0 saturated carbocycles. The maximum absolute atomic E-state index is 10.6. The van der Waals surface area contributed by atoms with Crippen molar-refractivity contribution in [3.63, 3.8) is 0 Å². The molecule has 2 rings (SSSR count). The van der Waals surface area contributed by atoms with Crippen LogP contribution >= 0.6 is 0 Å². The van der Waals surface area contributed by atoms with E-state index in [4.69, 9.17) is 0 Å². The maximum atomic E-state index is 10.6. The lowest BCUT2D eigenvalue weighted by Crippen LogP contribution is -2.43. The lowest BCUT2D eigenvalue weighted by Gasteiger charge is -2.29. The first-order valence-electron chi connectivity index (χ1n) is 4.91. The summed E-state index contributed by atoms with van der Waals surface area (Å²) in [7, 11) is 0. The van der Waals surface area contributed by atoms with E-state index >= 15 is 0 Å². The molecule has 0 spiro atoms. The van der Waals surface area contributed by atoms with Crippen molar-refractivity contribution in [2.75, 3.05) is 31.1 Å². The zero-order valence-electron chi connectivity index (χ0n) is 8.07. The molecule has 1 saturated heterocycles. The number of rotatable bonds is 2. The second kappa shape index (κ2) is 4.24.